The van der Waals surface area contributed by atoms with Gasteiger partial charge in [-0.3, -0.25) is 0 Å². The average Bonchev–Trinajstić information content (AvgIpc) is 2.42. The molecule has 2 N–H and O–H groups in total. The van der Waals surface area contributed by atoms with Crippen molar-refractivity contribution in [3.05, 3.63) is 17.9 Å². The van der Waals surface area contributed by atoms with Gasteiger partial charge in [-0.15, -0.1) is 0 Å². The molecule has 0 fully saturated rings. The molecule has 1 aromatic rings. The first kappa shape index (κ1) is 17.6. The minimum absolute atomic E-state index is 0.0884. The Kier molecular flexibility index (Phi) is 7.95. The van der Waals surface area contributed by atoms with Gasteiger partial charge in [0.25, 0.3) is 0 Å². The standard InChI is InChI=1S/C17H28FNO2/c1-4-5-6-7-8-9-10-20-17-12-16(21-13(2)3)14(18)11-15(17)19/h11-13H,4-10,19H2,1-3H3. The van der Waals surface area contributed by atoms with Crippen molar-refractivity contribution in [1.29, 1.82) is 0 Å². The number of hydrogen-bond acceptors (Lipinski definition) is 3. The van der Waals surface area contributed by atoms with E-state index in [2.05, 4.69) is 6.92 Å². The van der Waals surface area contributed by atoms with Crippen molar-refractivity contribution < 1.29 is 13.9 Å². The highest BCUT2D eigenvalue weighted by Gasteiger charge is 2.11. The van der Waals surface area contributed by atoms with Crippen LogP contribution in [-0.4, -0.2) is 12.7 Å². The topological polar surface area (TPSA) is 44.5 Å². The van der Waals surface area contributed by atoms with Crippen LogP contribution in [-0.2, 0) is 0 Å². The molecule has 21 heavy (non-hydrogen) atoms. The third-order valence-electron chi connectivity index (χ3n) is 3.18. The van der Waals surface area contributed by atoms with E-state index in [1.807, 2.05) is 13.8 Å². The second-order valence-electron chi connectivity index (χ2n) is 5.60. The summed E-state index contributed by atoms with van der Waals surface area (Å²) in [6.07, 6.45) is 7.11. The summed E-state index contributed by atoms with van der Waals surface area (Å²) in [7, 11) is 0. The molecule has 3 nitrogen and oxygen atoms in total. The van der Waals surface area contributed by atoms with Crippen molar-refractivity contribution in [2.75, 3.05) is 12.3 Å². The van der Waals surface area contributed by atoms with Gasteiger partial charge in [0.2, 0.25) is 0 Å². The number of ether oxygens (including phenoxy) is 2. The number of benzene rings is 1. The maximum Gasteiger partial charge on any atom is 0.167 e. The molecule has 0 heterocycles. The first-order valence-electron chi connectivity index (χ1n) is 7.93. The van der Waals surface area contributed by atoms with Crippen LogP contribution in [0, 0.1) is 5.82 Å². The van der Waals surface area contributed by atoms with E-state index in [0.29, 0.717) is 18.0 Å². The molecule has 0 atom stereocenters. The smallest absolute Gasteiger partial charge is 0.167 e. The van der Waals surface area contributed by atoms with E-state index in [9.17, 15) is 4.39 Å². The Morgan fingerprint density at radius 1 is 1.05 bits per heavy atom. The monoisotopic (exact) mass is 297 g/mol. The summed E-state index contributed by atoms with van der Waals surface area (Å²) in [6.45, 7) is 6.51. The van der Waals surface area contributed by atoms with Crippen molar-refractivity contribution in [1.82, 2.24) is 0 Å². The Hall–Kier alpha value is -1.45. The lowest BCUT2D eigenvalue weighted by Crippen LogP contribution is -2.08. The number of nitrogens with two attached hydrogens (primary N) is 1. The van der Waals surface area contributed by atoms with Gasteiger partial charge in [0.1, 0.15) is 5.75 Å². The molecule has 0 bridgehead atoms. The first-order valence-corrected chi connectivity index (χ1v) is 7.93. The minimum atomic E-state index is -0.451. The van der Waals surface area contributed by atoms with Gasteiger partial charge in [0.05, 0.1) is 18.4 Å². The molecule has 1 rings (SSSR count). The Morgan fingerprint density at radius 3 is 2.38 bits per heavy atom. The molecular weight excluding hydrogens is 269 g/mol. The highest BCUT2D eigenvalue weighted by molar-refractivity contribution is 5.56. The molecule has 0 saturated heterocycles. The van der Waals surface area contributed by atoms with Crippen molar-refractivity contribution in [2.24, 2.45) is 0 Å². The lowest BCUT2D eigenvalue weighted by atomic mass is 10.1. The zero-order chi connectivity index (χ0) is 15.7. The molecule has 120 valence electrons. The van der Waals surface area contributed by atoms with Crippen LogP contribution in [0.5, 0.6) is 11.5 Å². The molecule has 0 radical (unpaired) electrons. The van der Waals surface area contributed by atoms with Crippen molar-refractivity contribution in [3.8, 4) is 11.5 Å². The molecule has 0 amide bonds. The third kappa shape index (κ3) is 6.69. The molecule has 1 aromatic carbocycles. The summed E-state index contributed by atoms with van der Waals surface area (Å²) in [6, 6.07) is 2.80. The van der Waals surface area contributed by atoms with Crippen LogP contribution in [0.25, 0.3) is 0 Å². The van der Waals surface area contributed by atoms with E-state index in [1.54, 1.807) is 6.07 Å². The number of unbranched alkanes of at least 4 members (excludes halogenated alkanes) is 5. The predicted molar refractivity (Wildman–Crippen MR) is 85.4 cm³/mol. The largest absolute Gasteiger partial charge is 0.491 e. The van der Waals surface area contributed by atoms with Gasteiger partial charge >= 0.3 is 0 Å². The molecule has 0 spiro atoms. The van der Waals surface area contributed by atoms with E-state index in [0.717, 1.165) is 12.8 Å². The van der Waals surface area contributed by atoms with E-state index >= 15 is 0 Å². The van der Waals surface area contributed by atoms with Crippen LogP contribution in [0.4, 0.5) is 10.1 Å². The predicted octanol–water partition coefficient (Wildman–Crippen LogP) is 4.93. The normalized spacial score (nSPS) is 10.9. The van der Waals surface area contributed by atoms with Crippen LogP contribution < -0.4 is 15.2 Å². The van der Waals surface area contributed by atoms with Crippen LogP contribution >= 0.6 is 0 Å². The summed E-state index contributed by atoms with van der Waals surface area (Å²) in [5.74, 6) is 0.242. The summed E-state index contributed by atoms with van der Waals surface area (Å²) in [5.41, 5.74) is 6.10. The number of rotatable bonds is 10. The number of hydrogen-bond donors (Lipinski definition) is 1. The van der Waals surface area contributed by atoms with Gasteiger partial charge in [0, 0.05) is 12.1 Å². The Labute approximate surface area is 127 Å². The SMILES string of the molecule is CCCCCCCCOc1cc(OC(C)C)c(F)cc1N. The molecule has 0 saturated carbocycles. The number of nitrogen functional groups attached to an aromatic ring is 1. The fraction of sp³-hybridized carbons (Fsp3) is 0.647. The molecule has 0 aliphatic rings. The maximum atomic E-state index is 13.7. The fourth-order valence-corrected chi connectivity index (χ4v) is 2.08. The first-order chi connectivity index (χ1) is 10.0. The number of halogens is 1. The molecular formula is C17H28FNO2. The Balaban J connectivity index is 2.43. The van der Waals surface area contributed by atoms with E-state index in [1.165, 1.54) is 31.7 Å². The van der Waals surface area contributed by atoms with Gasteiger partial charge in [-0.1, -0.05) is 39.0 Å². The van der Waals surface area contributed by atoms with Crippen LogP contribution in [0.1, 0.15) is 59.3 Å². The lowest BCUT2D eigenvalue weighted by Gasteiger charge is -2.14. The molecule has 0 aliphatic heterocycles. The molecule has 0 aliphatic carbocycles. The van der Waals surface area contributed by atoms with Crippen molar-refractivity contribution >= 4 is 5.69 Å². The van der Waals surface area contributed by atoms with Gasteiger partial charge in [-0.05, 0) is 20.3 Å². The second kappa shape index (κ2) is 9.48. The van der Waals surface area contributed by atoms with E-state index in [4.69, 9.17) is 15.2 Å². The summed E-state index contributed by atoms with van der Waals surface area (Å²) in [4.78, 5) is 0. The van der Waals surface area contributed by atoms with Gasteiger partial charge in [0.15, 0.2) is 11.6 Å². The second-order valence-corrected chi connectivity index (χ2v) is 5.60. The van der Waals surface area contributed by atoms with Crippen LogP contribution in [0.15, 0.2) is 12.1 Å². The van der Waals surface area contributed by atoms with Crippen LogP contribution in [0.3, 0.4) is 0 Å². The van der Waals surface area contributed by atoms with Gasteiger partial charge < -0.3 is 15.2 Å². The van der Waals surface area contributed by atoms with Crippen LogP contribution in [0.2, 0.25) is 0 Å². The quantitative estimate of drug-likeness (QED) is 0.491. The van der Waals surface area contributed by atoms with Crippen molar-refractivity contribution in [2.45, 2.75) is 65.4 Å². The minimum Gasteiger partial charge on any atom is -0.491 e. The molecule has 0 aromatic heterocycles. The summed E-state index contributed by atoms with van der Waals surface area (Å²) < 4.78 is 24.7. The molecule has 4 heteroatoms. The highest BCUT2D eigenvalue weighted by atomic mass is 19.1. The van der Waals surface area contributed by atoms with Crippen molar-refractivity contribution in [3.63, 3.8) is 0 Å². The fourth-order valence-electron chi connectivity index (χ4n) is 2.08. The Bertz CT molecular complexity index is 421. The van der Waals surface area contributed by atoms with Gasteiger partial charge in [-0.25, -0.2) is 4.39 Å². The van der Waals surface area contributed by atoms with Gasteiger partial charge in [-0.2, -0.15) is 0 Å². The third-order valence-corrected chi connectivity index (χ3v) is 3.18. The Morgan fingerprint density at radius 2 is 1.71 bits per heavy atom. The lowest BCUT2D eigenvalue weighted by molar-refractivity contribution is 0.228. The van der Waals surface area contributed by atoms with E-state index < -0.39 is 5.82 Å². The zero-order valence-electron chi connectivity index (χ0n) is 13.5. The maximum absolute atomic E-state index is 13.7. The average molecular weight is 297 g/mol. The zero-order valence-corrected chi connectivity index (χ0v) is 13.5. The number of anilines is 1. The summed E-state index contributed by atoms with van der Waals surface area (Å²) >= 11 is 0. The summed E-state index contributed by atoms with van der Waals surface area (Å²) in [5, 5.41) is 0. The van der Waals surface area contributed by atoms with E-state index in [-0.39, 0.29) is 11.9 Å². The molecule has 0 unspecified atom stereocenters. The highest BCUT2D eigenvalue weighted by Crippen LogP contribution is 2.31.